The second kappa shape index (κ2) is 5.28. The van der Waals surface area contributed by atoms with E-state index >= 15 is 0 Å². The minimum absolute atomic E-state index is 0.0307. The van der Waals surface area contributed by atoms with Crippen LogP contribution in [0.2, 0.25) is 0 Å². The molecule has 4 rings (SSSR count). The molecule has 9 nitrogen and oxygen atoms in total. The van der Waals surface area contributed by atoms with Gasteiger partial charge in [-0.25, -0.2) is 4.98 Å². The summed E-state index contributed by atoms with van der Waals surface area (Å²) in [5.41, 5.74) is 7.91. The molecule has 9 heteroatoms. The van der Waals surface area contributed by atoms with E-state index in [0.717, 1.165) is 23.5 Å². The molecule has 0 bridgehead atoms. The van der Waals surface area contributed by atoms with Gasteiger partial charge in [-0.3, -0.25) is 14.1 Å². The number of aromatic amines is 1. The van der Waals surface area contributed by atoms with E-state index in [1.165, 1.54) is 0 Å². The van der Waals surface area contributed by atoms with Gasteiger partial charge in [-0.15, -0.1) is 10.2 Å². The van der Waals surface area contributed by atoms with Gasteiger partial charge in [-0.2, -0.15) is 0 Å². The molecule has 0 aliphatic carbocycles. The third kappa shape index (κ3) is 2.16. The summed E-state index contributed by atoms with van der Waals surface area (Å²) in [6, 6.07) is 1.92. The lowest BCUT2D eigenvalue weighted by Crippen LogP contribution is -2.51. The second-order valence-electron chi connectivity index (χ2n) is 5.76. The summed E-state index contributed by atoms with van der Waals surface area (Å²) in [5, 5.41) is 8.60. The maximum absolute atomic E-state index is 11.9. The fraction of sp³-hybridized carbons (Fsp3) is 0.429. The highest BCUT2D eigenvalue weighted by atomic mass is 16.2. The van der Waals surface area contributed by atoms with E-state index in [2.05, 4.69) is 25.1 Å². The molecule has 1 aliphatic heterocycles. The molecule has 0 saturated carbocycles. The number of nitrogens with one attached hydrogen (secondary N) is 1. The molecule has 3 aromatic heterocycles. The van der Waals surface area contributed by atoms with Crippen LogP contribution >= 0.6 is 0 Å². The van der Waals surface area contributed by atoms with E-state index in [1.807, 2.05) is 23.7 Å². The molecular formula is C14H18N8O. The second-order valence-corrected chi connectivity index (χ2v) is 5.76. The van der Waals surface area contributed by atoms with Gasteiger partial charge in [0.05, 0.1) is 24.3 Å². The monoisotopic (exact) mass is 314 g/mol. The number of aromatic nitrogens is 5. The summed E-state index contributed by atoms with van der Waals surface area (Å²) < 4.78 is 2.00. The summed E-state index contributed by atoms with van der Waals surface area (Å²) >= 11 is 0. The van der Waals surface area contributed by atoms with Crippen molar-refractivity contribution in [1.29, 1.82) is 0 Å². The number of fused-ring (bicyclic) bond motifs is 3. The average Bonchev–Trinajstić information content (AvgIpc) is 3.20. The molecule has 1 fully saturated rings. The minimum Gasteiger partial charge on any atom is -0.345 e. The molecule has 1 aliphatic rings. The zero-order valence-electron chi connectivity index (χ0n) is 12.8. The van der Waals surface area contributed by atoms with Crippen LogP contribution in [0, 0.1) is 0 Å². The SMILES string of the molecule is CN1CCN(C(=O)CN)C[C@@H]1c1nnc2cnc3[nH]ccc3n12. The Morgan fingerprint density at radius 2 is 2.30 bits per heavy atom. The maximum Gasteiger partial charge on any atom is 0.236 e. The highest BCUT2D eigenvalue weighted by Gasteiger charge is 2.31. The number of carbonyl (C=O) groups is 1. The Kier molecular flexibility index (Phi) is 3.24. The van der Waals surface area contributed by atoms with Crippen molar-refractivity contribution in [2.24, 2.45) is 5.73 Å². The Labute approximate surface area is 132 Å². The lowest BCUT2D eigenvalue weighted by Gasteiger charge is -2.38. The van der Waals surface area contributed by atoms with Gasteiger partial charge >= 0.3 is 0 Å². The lowest BCUT2D eigenvalue weighted by molar-refractivity contribution is -0.132. The number of nitrogens with two attached hydrogens (primary N) is 1. The number of rotatable bonds is 2. The Morgan fingerprint density at radius 3 is 3.13 bits per heavy atom. The quantitative estimate of drug-likeness (QED) is 0.652. The van der Waals surface area contributed by atoms with Crippen LogP contribution in [0.25, 0.3) is 16.8 Å². The number of piperazine rings is 1. The van der Waals surface area contributed by atoms with Gasteiger partial charge < -0.3 is 15.6 Å². The van der Waals surface area contributed by atoms with Crippen LogP contribution in [0.15, 0.2) is 18.5 Å². The van der Waals surface area contributed by atoms with Gasteiger partial charge in [0, 0.05) is 25.8 Å². The van der Waals surface area contributed by atoms with E-state index < -0.39 is 0 Å². The Hall–Kier alpha value is -2.52. The highest BCUT2D eigenvalue weighted by molar-refractivity contribution is 5.78. The maximum atomic E-state index is 11.9. The van der Waals surface area contributed by atoms with Gasteiger partial charge in [0.25, 0.3) is 0 Å². The first kappa shape index (κ1) is 14.1. The number of hydrogen-bond donors (Lipinski definition) is 2. The summed E-state index contributed by atoms with van der Waals surface area (Å²) in [6.45, 7) is 2.04. The predicted octanol–water partition coefficient (Wildman–Crippen LogP) is -0.621. The van der Waals surface area contributed by atoms with E-state index in [4.69, 9.17) is 5.73 Å². The van der Waals surface area contributed by atoms with Gasteiger partial charge in [-0.1, -0.05) is 0 Å². The van der Waals surface area contributed by atoms with E-state index in [0.29, 0.717) is 18.7 Å². The number of hydrogen-bond acceptors (Lipinski definition) is 6. The smallest absolute Gasteiger partial charge is 0.236 e. The van der Waals surface area contributed by atoms with Crippen molar-refractivity contribution in [2.45, 2.75) is 6.04 Å². The van der Waals surface area contributed by atoms with Gasteiger partial charge in [-0.05, 0) is 13.1 Å². The van der Waals surface area contributed by atoms with Crippen molar-refractivity contribution < 1.29 is 4.79 Å². The van der Waals surface area contributed by atoms with Gasteiger partial charge in [0.2, 0.25) is 5.91 Å². The number of amides is 1. The summed E-state index contributed by atoms with van der Waals surface area (Å²) in [7, 11) is 2.03. The van der Waals surface area contributed by atoms with E-state index in [1.54, 1.807) is 11.1 Å². The first-order valence-corrected chi connectivity index (χ1v) is 7.54. The molecule has 23 heavy (non-hydrogen) atoms. The standard InChI is InChI=1S/C14H18N8O/c1-20-4-5-21(12(23)6-15)8-10(20)14-19-18-11-7-17-13-9(22(11)14)2-3-16-13/h2-3,7,10,16H,4-6,8,15H2,1H3/t10-/m1/s1. The zero-order valence-corrected chi connectivity index (χ0v) is 12.8. The lowest BCUT2D eigenvalue weighted by atomic mass is 10.1. The topological polar surface area (TPSA) is 108 Å². The normalized spacial score (nSPS) is 19.7. The van der Waals surface area contributed by atoms with Crippen molar-refractivity contribution in [3.63, 3.8) is 0 Å². The molecule has 1 amide bonds. The van der Waals surface area contributed by atoms with Crippen molar-refractivity contribution in [3.8, 4) is 0 Å². The van der Waals surface area contributed by atoms with Gasteiger partial charge in [0.15, 0.2) is 17.1 Å². The molecule has 0 unspecified atom stereocenters. The summed E-state index contributed by atoms with van der Waals surface area (Å²) in [5.74, 6) is 0.773. The predicted molar refractivity (Wildman–Crippen MR) is 83.6 cm³/mol. The molecule has 0 radical (unpaired) electrons. The number of likely N-dealkylation sites (N-methyl/N-ethyl adjacent to an activating group) is 1. The van der Waals surface area contributed by atoms with Crippen molar-refractivity contribution >= 4 is 22.7 Å². The fourth-order valence-corrected chi connectivity index (χ4v) is 3.12. The van der Waals surface area contributed by atoms with Crippen molar-refractivity contribution in [3.05, 3.63) is 24.3 Å². The summed E-state index contributed by atoms with van der Waals surface area (Å²) in [4.78, 5) is 23.4. The molecule has 120 valence electrons. The molecule has 1 atom stereocenters. The number of carbonyl (C=O) groups excluding carboxylic acids is 1. The van der Waals surface area contributed by atoms with Crippen LogP contribution in [0.1, 0.15) is 11.9 Å². The van der Waals surface area contributed by atoms with Crippen LogP contribution in [-0.4, -0.2) is 73.5 Å². The third-order valence-corrected chi connectivity index (χ3v) is 4.44. The first-order chi connectivity index (χ1) is 11.2. The van der Waals surface area contributed by atoms with Crippen LogP contribution in [-0.2, 0) is 4.79 Å². The number of H-pyrrole nitrogens is 1. The van der Waals surface area contributed by atoms with E-state index in [9.17, 15) is 4.79 Å². The zero-order chi connectivity index (χ0) is 16.0. The highest BCUT2D eigenvalue weighted by Crippen LogP contribution is 2.25. The molecular weight excluding hydrogens is 296 g/mol. The third-order valence-electron chi connectivity index (χ3n) is 4.44. The molecule has 0 aromatic carbocycles. The Morgan fingerprint density at radius 1 is 1.43 bits per heavy atom. The van der Waals surface area contributed by atoms with Crippen LogP contribution in [0.5, 0.6) is 0 Å². The Bertz CT molecular complexity index is 868. The van der Waals surface area contributed by atoms with Crippen LogP contribution in [0.3, 0.4) is 0 Å². The molecule has 1 saturated heterocycles. The molecule has 0 spiro atoms. The molecule has 3 aromatic rings. The van der Waals surface area contributed by atoms with Crippen molar-refractivity contribution in [2.75, 3.05) is 33.2 Å². The Balaban J connectivity index is 1.80. The van der Waals surface area contributed by atoms with Gasteiger partial charge in [0.1, 0.15) is 0 Å². The summed E-state index contributed by atoms with van der Waals surface area (Å²) in [6.07, 6.45) is 3.54. The average molecular weight is 314 g/mol. The van der Waals surface area contributed by atoms with Crippen LogP contribution < -0.4 is 5.73 Å². The van der Waals surface area contributed by atoms with Crippen molar-refractivity contribution in [1.82, 2.24) is 34.4 Å². The first-order valence-electron chi connectivity index (χ1n) is 7.54. The van der Waals surface area contributed by atoms with Crippen LogP contribution in [0.4, 0.5) is 0 Å². The fourth-order valence-electron chi connectivity index (χ4n) is 3.12. The molecule has 4 heterocycles. The minimum atomic E-state index is -0.0367. The van der Waals surface area contributed by atoms with E-state index in [-0.39, 0.29) is 18.5 Å². The largest absolute Gasteiger partial charge is 0.345 e. The molecule has 3 N–H and O–H groups in total. The number of nitrogens with zero attached hydrogens (tertiary/aromatic N) is 6.